The molecule has 216 valence electrons. The summed E-state index contributed by atoms with van der Waals surface area (Å²) in [6.45, 7) is 5.37. The number of amides is 1. The highest BCUT2D eigenvalue weighted by Crippen LogP contribution is 2.71. The number of nitrogens with zero attached hydrogens (tertiary/aromatic N) is 1. The second-order valence-corrected chi connectivity index (χ2v) is 12.9. The first-order valence-corrected chi connectivity index (χ1v) is 14.6. The summed E-state index contributed by atoms with van der Waals surface area (Å²) in [5, 5.41) is 0. The largest absolute Gasteiger partial charge is 0.466 e. The van der Waals surface area contributed by atoms with Crippen LogP contribution in [0.3, 0.4) is 0 Å². The van der Waals surface area contributed by atoms with E-state index < -0.39 is 33.5 Å². The number of carbonyl (C=O) groups excluding carboxylic acids is 5. The third-order valence-corrected chi connectivity index (χ3v) is 11.2. The number of hydrogen-bond acceptors (Lipinski definition) is 12. The van der Waals surface area contributed by atoms with Crippen molar-refractivity contribution in [2.24, 2.45) is 0 Å². The van der Waals surface area contributed by atoms with Crippen LogP contribution in [0.5, 0.6) is 0 Å². The van der Waals surface area contributed by atoms with Crippen LogP contribution >= 0.6 is 35.3 Å². The Kier molecular flexibility index (Phi) is 8.53. The molecule has 0 aliphatic carbocycles. The number of hydrogen-bond donors (Lipinski definition) is 0. The smallest absolute Gasteiger partial charge is 0.345 e. The van der Waals surface area contributed by atoms with E-state index in [0.717, 1.165) is 35.3 Å². The van der Waals surface area contributed by atoms with Crippen molar-refractivity contribution >= 4 is 76.3 Å². The maximum Gasteiger partial charge on any atom is 0.345 e. The molecule has 1 spiro atoms. The predicted molar refractivity (Wildman–Crippen MR) is 157 cm³/mol. The SMILES string of the molecule is C/C=C/C(=O)N1c2ccccc2C2=C(SC(C(=O)OC)=C(C(=O)OC)C23SC(C(=O)OC)=C(C(=O)OC)S3)C1(C)C. The average Bonchev–Trinajstić information content (AvgIpc) is 3.35. The van der Waals surface area contributed by atoms with Gasteiger partial charge in [-0.05, 0) is 32.9 Å². The molecule has 1 aromatic rings. The van der Waals surface area contributed by atoms with Crippen LogP contribution in [0.25, 0.3) is 5.57 Å². The number of thioether (sulfide) groups is 3. The number of allylic oxidation sites excluding steroid dienone is 1. The molecule has 1 amide bonds. The molecule has 41 heavy (non-hydrogen) atoms. The van der Waals surface area contributed by atoms with E-state index in [2.05, 4.69) is 0 Å². The molecule has 0 bridgehead atoms. The molecule has 0 N–H and O–H groups in total. The first-order valence-electron chi connectivity index (χ1n) is 12.1. The maximum absolute atomic E-state index is 13.6. The molecule has 0 radical (unpaired) electrons. The summed E-state index contributed by atoms with van der Waals surface area (Å²) in [7, 11) is 4.69. The standard InChI is InChI=1S/C28H27NO9S3/c1-8-11-16(30)29-15-13-10-9-12-14(15)17-22(27(29,2)3)39-19(24(32)36-5)18(23(31)35-4)28(17)40-20(25(33)37-6)21(41-28)26(34)38-7/h8-13H,1-7H3/b11-8+. The summed E-state index contributed by atoms with van der Waals surface area (Å²) in [5.74, 6) is -3.63. The minimum absolute atomic E-state index is 0.0979. The Morgan fingerprint density at radius 3 is 1.80 bits per heavy atom. The van der Waals surface area contributed by atoms with E-state index in [4.69, 9.17) is 18.9 Å². The molecule has 0 atom stereocenters. The highest BCUT2D eigenvalue weighted by Gasteiger charge is 2.61. The van der Waals surface area contributed by atoms with Gasteiger partial charge >= 0.3 is 23.9 Å². The van der Waals surface area contributed by atoms with Crippen LogP contribution in [0, 0.1) is 0 Å². The van der Waals surface area contributed by atoms with Crippen molar-refractivity contribution in [2.75, 3.05) is 33.3 Å². The lowest BCUT2D eigenvalue weighted by Gasteiger charge is -2.50. The van der Waals surface area contributed by atoms with Gasteiger partial charge in [-0.25, -0.2) is 19.2 Å². The Morgan fingerprint density at radius 2 is 1.29 bits per heavy atom. The Hall–Kier alpha value is -3.42. The van der Waals surface area contributed by atoms with Crippen molar-refractivity contribution in [1.82, 2.24) is 0 Å². The van der Waals surface area contributed by atoms with Crippen LogP contribution in [0.1, 0.15) is 26.3 Å². The molecule has 4 rings (SSSR count). The zero-order valence-electron chi connectivity index (χ0n) is 23.3. The summed E-state index contributed by atoms with van der Waals surface area (Å²) in [6.07, 6.45) is 3.07. The number of fused-ring (bicyclic) bond motifs is 3. The van der Waals surface area contributed by atoms with Crippen LogP contribution < -0.4 is 4.90 Å². The number of carbonyl (C=O) groups is 5. The molecule has 1 aromatic carbocycles. The molecule has 0 saturated carbocycles. The highest BCUT2D eigenvalue weighted by atomic mass is 32.2. The van der Waals surface area contributed by atoms with Gasteiger partial charge in [0.05, 0.1) is 45.2 Å². The van der Waals surface area contributed by atoms with E-state index in [1.54, 1.807) is 42.2 Å². The number of anilines is 1. The molecule has 3 aliphatic rings. The van der Waals surface area contributed by atoms with E-state index in [9.17, 15) is 24.0 Å². The maximum atomic E-state index is 13.6. The topological polar surface area (TPSA) is 126 Å². The Bertz CT molecular complexity index is 1470. The normalized spacial score (nSPS) is 18.8. The number of para-hydroxylation sites is 1. The number of benzene rings is 1. The minimum atomic E-state index is -1.60. The number of ether oxygens (including phenoxy) is 4. The third kappa shape index (κ3) is 4.69. The van der Waals surface area contributed by atoms with E-state index >= 15 is 0 Å². The quantitative estimate of drug-likeness (QED) is 0.267. The fraction of sp³-hybridized carbons (Fsp3) is 0.321. The van der Waals surface area contributed by atoms with Gasteiger partial charge in [0.15, 0.2) is 0 Å². The molecule has 13 heteroatoms. The lowest BCUT2D eigenvalue weighted by molar-refractivity contribution is -0.138. The van der Waals surface area contributed by atoms with Gasteiger partial charge in [0.2, 0.25) is 0 Å². The Labute approximate surface area is 249 Å². The van der Waals surface area contributed by atoms with E-state index in [-0.39, 0.29) is 26.2 Å². The lowest BCUT2D eigenvalue weighted by atomic mass is 9.83. The zero-order chi connectivity index (χ0) is 30.3. The van der Waals surface area contributed by atoms with Gasteiger partial charge in [-0.2, -0.15) is 0 Å². The van der Waals surface area contributed by atoms with Crippen molar-refractivity contribution in [3.05, 3.63) is 67.2 Å². The number of methoxy groups -OCH3 is 4. The summed E-state index contributed by atoms with van der Waals surface area (Å²) in [6, 6.07) is 7.11. The Morgan fingerprint density at radius 1 is 0.780 bits per heavy atom. The molecule has 0 aromatic heterocycles. The van der Waals surface area contributed by atoms with Crippen molar-refractivity contribution in [2.45, 2.75) is 30.4 Å². The average molecular weight is 618 g/mol. The van der Waals surface area contributed by atoms with Crippen LogP contribution in [-0.4, -0.2) is 67.8 Å². The molecular weight excluding hydrogens is 591 g/mol. The second-order valence-electron chi connectivity index (χ2n) is 9.21. The number of rotatable bonds is 5. The van der Waals surface area contributed by atoms with E-state index in [1.165, 1.54) is 34.5 Å². The van der Waals surface area contributed by atoms with E-state index in [0.29, 0.717) is 21.7 Å². The van der Waals surface area contributed by atoms with Gasteiger partial charge in [0.1, 0.15) is 18.8 Å². The second kappa shape index (κ2) is 11.5. The van der Waals surface area contributed by atoms with Crippen molar-refractivity contribution in [1.29, 1.82) is 0 Å². The van der Waals surface area contributed by atoms with Crippen LogP contribution in [0.4, 0.5) is 5.69 Å². The van der Waals surface area contributed by atoms with Gasteiger partial charge in [0, 0.05) is 16.0 Å². The van der Waals surface area contributed by atoms with Crippen molar-refractivity contribution < 1.29 is 42.9 Å². The molecule has 3 aliphatic heterocycles. The molecular formula is C28H27NO9S3. The monoisotopic (exact) mass is 617 g/mol. The lowest BCUT2D eigenvalue weighted by Crippen LogP contribution is -2.53. The van der Waals surface area contributed by atoms with Gasteiger partial charge in [-0.1, -0.05) is 59.6 Å². The molecule has 0 saturated heterocycles. The first kappa shape index (κ1) is 30.5. The van der Waals surface area contributed by atoms with Gasteiger partial charge < -0.3 is 18.9 Å². The van der Waals surface area contributed by atoms with Gasteiger partial charge in [-0.3, -0.25) is 9.69 Å². The number of esters is 4. The summed E-state index contributed by atoms with van der Waals surface area (Å²) >= 11 is 2.76. The zero-order valence-corrected chi connectivity index (χ0v) is 25.8. The summed E-state index contributed by atoms with van der Waals surface area (Å²) in [5.41, 5.74) is 0.436. The van der Waals surface area contributed by atoms with Crippen LogP contribution in [-0.2, 0) is 42.9 Å². The molecule has 3 heterocycles. The predicted octanol–water partition coefficient (Wildman–Crippen LogP) is 4.18. The van der Waals surface area contributed by atoms with Crippen molar-refractivity contribution in [3.63, 3.8) is 0 Å². The van der Waals surface area contributed by atoms with E-state index in [1.807, 2.05) is 13.8 Å². The molecule has 0 fully saturated rings. The van der Waals surface area contributed by atoms with Gasteiger partial charge in [0.25, 0.3) is 5.91 Å². The Balaban J connectivity index is 2.16. The third-order valence-electron chi connectivity index (χ3n) is 6.57. The fourth-order valence-corrected chi connectivity index (χ4v) is 9.93. The summed E-state index contributed by atoms with van der Waals surface area (Å²) < 4.78 is 18.6. The molecule has 0 unspecified atom stereocenters. The van der Waals surface area contributed by atoms with Crippen LogP contribution in [0.2, 0.25) is 0 Å². The van der Waals surface area contributed by atoms with Crippen LogP contribution in [0.15, 0.2) is 61.6 Å². The summed E-state index contributed by atoms with van der Waals surface area (Å²) in [4.78, 5) is 68.2. The van der Waals surface area contributed by atoms with Gasteiger partial charge in [-0.15, -0.1) is 0 Å². The minimum Gasteiger partial charge on any atom is -0.466 e. The van der Waals surface area contributed by atoms with Crippen molar-refractivity contribution in [3.8, 4) is 0 Å². The molecule has 10 nitrogen and oxygen atoms in total. The fourth-order valence-electron chi connectivity index (χ4n) is 4.88. The highest BCUT2D eigenvalue weighted by molar-refractivity contribution is 8.26. The first-order chi connectivity index (χ1) is 19.4.